The number of hydrogen-bond acceptors (Lipinski definition) is 6. The van der Waals surface area contributed by atoms with E-state index in [2.05, 4.69) is 5.32 Å². The fraction of sp³-hybridized carbons (Fsp3) is 0.455. The van der Waals surface area contributed by atoms with Crippen molar-refractivity contribution in [1.82, 2.24) is 4.31 Å². The summed E-state index contributed by atoms with van der Waals surface area (Å²) in [5.74, 6) is 0.562. The van der Waals surface area contributed by atoms with Gasteiger partial charge < -0.3 is 5.32 Å². The molecule has 0 aromatic heterocycles. The van der Waals surface area contributed by atoms with Crippen LogP contribution in [0.5, 0.6) is 0 Å². The van der Waals surface area contributed by atoms with Crippen LogP contribution < -0.4 is 5.32 Å². The van der Waals surface area contributed by atoms with Crippen molar-refractivity contribution in [2.24, 2.45) is 0 Å². The van der Waals surface area contributed by atoms with E-state index in [4.69, 9.17) is 0 Å². The Morgan fingerprint density at radius 2 is 1.95 bits per heavy atom. The van der Waals surface area contributed by atoms with Crippen molar-refractivity contribution in [2.75, 3.05) is 37.0 Å². The van der Waals surface area contributed by atoms with Gasteiger partial charge in [0.25, 0.3) is 5.69 Å². The Labute approximate surface area is 124 Å². The molecule has 0 spiro atoms. The number of rotatable bonds is 4. The van der Waals surface area contributed by atoms with Crippen molar-refractivity contribution < 1.29 is 17.6 Å². The predicted molar refractivity (Wildman–Crippen MR) is 79.3 cm³/mol. The molecule has 1 aliphatic rings. The van der Waals surface area contributed by atoms with E-state index in [0.29, 0.717) is 5.69 Å². The molecule has 0 saturated carbocycles. The van der Waals surface area contributed by atoms with Gasteiger partial charge in [-0.3, -0.25) is 14.3 Å². The molecule has 8 nitrogen and oxygen atoms in total. The Morgan fingerprint density at radius 1 is 1.33 bits per heavy atom. The fourth-order valence-corrected chi connectivity index (χ4v) is 4.99. The van der Waals surface area contributed by atoms with Crippen molar-refractivity contribution in [3.05, 3.63) is 28.3 Å². The summed E-state index contributed by atoms with van der Waals surface area (Å²) < 4.78 is 37.8. The van der Waals surface area contributed by atoms with Gasteiger partial charge in [-0.25, -0.2) is 8.42 Å². The van der Waals surface area contributed by atoms with Crippen molar-refractivity contribution >= 4 is 32.2 Å². The van der Waals surface area contributed by atoms with E-state index < -0.39 is 25.7 Å². The van der Waals surface area contributed by atoms with Crippen molar-refractivity contribution in [3.8, 4) is 0 Å². The summed E-state index contributed by atoms with van der Waals surface area (Å²) in [5, 5.41) is 13.6. The number of non-ortho nitro benzene ring substituents is 1. The fourth-order valence-electron chi connectivity index (χ4n) is 2.05. The normalized spacial score (nSPS) is 17.6. The summed E-state index contributed by atoms with van der Waals surface area (Å²) in [6, 6.07) is 3.66. The standard InChI is InChI=1S/C11H15N3O5S2/c1-12-10-3-2-9(14(15)16)8-11(10)21(18,19)13-4-6-20(17)7-5-13/h2-3,8,12H,4-7H2,1H3. The van der Waals surface area contributed by atoms with E-state index >= 15 is 0 Å². The molecule has 10 heteroatoms. The Balaban J connectivity index is 2.45. The van der Waals surface area contributed by atoms with Crippen LogP contribution in [0.3, 0.4) is 0 Å². The molecular weight excluding hydrogens is 318 g/mol. The quantitative estimate of drug-likeness (QED) is 0.630. The highest BCUT2D eigenvalue weighted by molar-refractivity contribution is 7.89. The smallest absolute Gasteiger partial charge is 0.270 e. The maximum Gasteiger partial charge on any atom is 0.270 e. The average molecular weight is 333 g/mol. The van der Waals surface area contributed by atoms with Crippen LogP contribution in [0, 0.1) is 10.1 Å². The number of benzene rings is 1. The summed E-state index contributed by atoms with van der Waals surface area (Å²) >= 11 is 0. The van der Waals surface area contributed by atoms with Crippen LogP contribution in [0.25, 0.3) is 0 Å². The summed E-state index contributed by atoms with van der Waals surface area (Å²) in [6.45, 7) is 0.307. The summed E-state index contributed by atoms with van der Waals surface area (Å²) in [4.78, 5) is 10.1. The number of anilines is 1. The number of nitrogens with one attached hydrogen (secondary N) is 1. The summed E-state index contributed by atoms with van der Waals surface area (Å²) in [7, 11) is -3.31. The number of nitro groups is 1. The van der Waals surface area contributed by atoms with Gasteiger partial charge in [-0.2, -0.15) is 4.31 Å². The van der Waals surface area contributed by atoms with Crippen LogP contribution in [-0.2, 0) is 20.8 Å². The lowest BCUT2D eigenvalue weighted by Gasteiger charge is -2.26. The van der Waals surface area contributed by atoms with E-state index in [1.165, 1.54) is 16.4 Å². The molecule has 0 bridgehead atoms. The third kappa shape index (κ3) is 3.22. The van der Waals surface area contributed by atoms with Crippen LogP contribution in [0.15, 0.2) is 23.1 Å². The Kier molecular flexibility index (Phi) is 4.59. The van der Waals surface area contributed by atoms with Crippen molar-refractivity contribution in [3.63, 3.8) is 0 Å². The molecule has 0 amide bonds. The SMILES string of the molecule is CNc1ccc([N+](=O)[O-])cc1S(=O)(=O)N1CCS(=O)CC1. The minimum atomic E-state index is -3.85. The average Bonchev–Trinajstić information content (AvgIpc) is 2.46. The first-order valence-corrected chi connectivity index (χ1v) is 9.10. The third-order valence-corrected chi connectivity index (χ3v) is 6.41. The van der Waals surface area contributed by atoms with E-state index in [9.17, 15) is 22.7 Å². The molecule has 1 fully saturated rings. The van der Waals surface area contributed by atoms with Gasteiger partial charge in [-0.05, 0) is 6.07 Å². The van der Waals surface area contributed by atoms with Gasteiger partial charge in [-0.1, -0.05) is 0 Å². The highest BCUT2D eigenvalue weighted by atomic mass is 32.2. The first kappa shape index (κ1) is 15.9. The predicted octanol–water partition coefficient (Wildman–Crippen LogP) is 0.389. The number of nitrogens with zero attached hydrogens (tertiary/aromatic N) is 2. The Morgan fingerprint density at radius 3 is 2.48 bits per heavy atom. The highest BCUT2D eigenvalue weighted by Gasteiger charge is 2.31. The molecule has 1 aliphatic heterocycles. The molecule has 2 rings (SSSR count). The Hall–Kier alpha value is -1.52. The lowest BCUT2D eigenvalue weighted by molar-refractivity contribution is -0.385. The number of sulfonamides is 1. The van der Waals surface area contributed by atoms with E-state index in [-0.39, 0.29) is 35.2 Å². The minimum absolute atomic E-state index is 0.133. The monoisotopic (exact) mass is 333 g/mol. The number of hydrogen-bond donors (Lipinski definition) is 1. The maximum absolute atomic E-state index is 12.6. The van der Waals surface area contributed by atoms with Gasteiger partial charge in [0.1, 0.15) is 4.90 Å². The molecular formula is C11H15N3O5S2. The van der Waals surface area contributed by atoms with E-state index in [0.717, 1.165) is 6.07 Å². The molecule has 0 aliphatic carbocycles. The van der Waals surface area contributed by atoms with Gasteiger partial charge in [0.2, 0.25) is 10.0 Å². The van der Waals surface area contributed by atoms with Crippen molar-refractivity contribution in [1.29, 1.82) is 0 Å². The second-order valence-electron chi connectivity index (χ2n) is 4.44. The van der Waals surface area contributed by atoms with Crippen molar-refractivity contribution in [2.45, 2.75) is 4.90 Å². The molecule has 1 heterocycles. The second-order valence-corrected chi connectivity index (χ2v) is 8.04. The molecule has 21 heavy (non-hydrogen) atoms. The lowest BCUT2D eigenvalue weighted by atomic mass is 10.3. The van der Waals surface area contributed by atoms with Crippen LogP contribution in [0.2, 0.25) is 0 Å². The van der Waals surface area contributed by atoms with Gasteiger partial charge in [0, 0.05) is 54.6 Å². The first-order valence-electron chi connectivity index (χ1n) is 6.17. The van der Waals surface area contributed by atoms with Gasteiger partial charge in [-0.15, -0.1) is 0 Å². The second kappa shape index (κ2) is 6.08. The van der Waals surface area contributed by atoms with Crippen LogP contribution in [0.1, 0.15) is 0 Å². The van der Waals surface area contributed by atoms with Crippen LogP contribution >= 0.6 is 0 Å². The zero-order chi connectivity index (χ0) is 15.6. The minimum Gasteiger partial charge on any atom is -0.387 e. The highest BCUT2D eigenvalue weighted by Crippen LogP contribution is 2.29. The van der Waals surface area contributed by atoms with E-state index in [1.807, 2.05) is 0 Å². The maximum atomic E-state index is 12.6. The summed E-state index contributed by atoms with van der Waals surface area (Å²) in [5.41, 5.74) is 0.0143. The first-order chi connectivity index (χ1) is 9.86. The van der Waals surface area contributed by atoms with E-state index in [1.54, 1.807) is 7.05 Å². The zero-order valence-electron chi connectivity index (χ0n) is 11.3. The third-order valence-electron chi connectivity index (χ3n) is 3.20. The topological polar surface area (TPSA) is 110 Å². The largest absolute Gasteiger partial charge is 0.387 e. The zero-order valence-corrected chi connectivity index (χ0v) is 12.9. The van der Waals surface area contributed by atoms with Crippen LogP contribution in [0.4, 0.5) is 11.4 Å². The van der Waals surface area contributed by atoms with Crippen LogP contribution in [-0.4, -0.2) is 53.5 Å². The number of nitro benzene ring substituents is 1. The molecule has 1 saturated heterocycles. The van der Waals surface area contributed by atoms with Gasteiger partial charge in [0.05, 0.1) is 10.6 Å². The molecule has 0 radical (unpaired) electrons. The summed E-state index contributed by atoms with van der Waals surface area (Å²) in [6.07, 6.45) is 0. The molecule has 0 unspecified atom stereocenters. The molecule has 1 N–H and O–H groups in total. The Bertz CT molecular complexity index is 679. The van der Waals surface area contributed by atoms with Gasteiger partial charge in [0.15, 0.2) is 0 Å². The van der Waals surface area contributed by atoms with Gasteiger partial charge >= 0.3 is 0 Å². The molecule has 1 aromatic rings. The molecule has 0 atom stereocenters. The molecule has 1 aromatic carbocycles. The molecule has 116 valence electrons. The lowest BCUT2D eigenvalue weighted by Crippen LogP contribution is -2.41.